The van der Waals surface area contributed by atoms with E-state index in [-0.39, 0.29) is 5.70 Å². The molecule has 1 aliphatic heterocycles. The van der Waals surface area contributed by atoms with E-state index in [2.05, 4.69) is 0 Å². The first-order valence-electron chi connectivity index (χ1n) is 5.28. The molecule has 0 aliphatic carbocycles. The maximum absolute atomic E-state index is 11.8. The summed E-state index contributed by atoms with van der Waals surface area (Å²) in [5, 5.41) is 0. The Balaban J connectivity index is 2.25. The van der Waals surface area contributed by atoms with Crippen molar-refractivity contribution in [3.8, 4) is 0 Å². The van der Waals surface area contributed by atoms with Gasteiger partial charge >= 0.3 is 17.9 Å². The van der Waals surface area contributed by atoms with Crippen LogP contribution in [0.5, 0.6) is 0 Å². The van der Waals surface area contributed by atoms with Gasteiger partial charge in [0, 0.05) is 4.91 Å². The zero-order valence-electron chi connectivity index (χ0n) is 9.33. The fourth-order valence-electron chi connectivity index (χ4n) is 1.51. The van der Waals surface area contributed by atoms with E-state index in [9.17, 15) is 9.70 Å². The van der Waals surface area contributed by atoms with Crippen LogP contribution in [0.15, 0.2) is 42.3 Å². The van der Waals surface area contributed by atoms with Gasteiger partial charge in [-0.25, -0.2) is 4.79 Å². The summed E-state index contributed by atoms with van der Waals surface area (Å²) in [6.45, 7) is 2.15. The van der Waals surface area contributed by atoms with Crippen molar-refractivity contribution in [1.82, 2.24) is 0 Å². The van der Waals surface area contributed by atoms with Gasteiger partial charge in [-0.05, 0) is 19.1 Å². The van der Waals surface area contributed by atoms with E-state index in [1.807, 2.05) is 6.07 Å². The molecule has 1 aliphatic rings. The first-order valence-corrected chi connectivity index (χ1v) is 5.28. The molecule has 88 valence electrons. The molecule has 0 radical (unpaired) electrons. The number of carbonyl (C=O) groups is 1. The van der Waals surface area contributed by atoms with Gasteiger partial charge in [0.2, 0.25) is 0 Å². The Hall–Kier alpha value is -2.17. The van der Waals surface area contributed by atoms with Crippen LogP contribution in [0.4, 0.5) is 0 Å². The molecule has 0 N–H and O–H groups in total. The minimum absolute atomic E-state index is 0.110. The predicted molar refractivity (Wildman–Crippen MR) is 58.6 cm³/mol. The van der Waals surface area contributed by atoms with Crippen LogP contribution in [0.1, 0.15) is 18.7 Å². The lowest BCUT2D eigenvalue weighted by atomic mass is 10.2. The highest BCUT2D eigenvalue weighted by Gasteiger charge is 2.48. The number of ether oxygens (including phenoxy) is 2. The molecule has 5 nitrogen and oxygen atoms in total. The monoisotopic (exact) mass is 234 g/mol. The number of hydrogen-bond acceptors (Lipinski definition) is 4. The normalized spacial score (nSPS) is 21.7. The summed E-state index contributed by atoms with van der Waals surface area (Å²) in [4.78, 5) is 23.3. The molecule has 1 heterocycles. The average Bonchev–Trinajstić information content (AvgIpc) is 2.64. The topological polar surface area (TPSA) is 55.6 Å². The van der Waals surface area contributed by atoms with E-state index >= 15 is 0 Å². The van der Waals surface area contributed by atoms with Crippen LogP contribution in [0, 0.1) is 4.91 Å². The molecule has 0 amide bonds. The summed E-state index contributed by atoms with van der Waals surface area (Å²) in [6, 6.07) is 8.84. The van der Waals surface area contributed by atoms with Crippen LogP contribution in [-0.2, 0) is 14.3 Å². The van der Waals surface area contributed by atoms with Gasteiger partial charge in [-0.2, -0.15) is 0 Å². The summed E-state index contributed by atoms with van der Waals surface area (Å²) < 4.78 is 10.5. The third-order valence-electron chi connectivity index (χ3n) is 2.32. The summed E-state index contributed by atoms with van der Waals surface area (Å²) in [7, 11) is 0. The summed E-state index contributed by atoms with van der Waals surface area (Å²) in [6.07, 6.45) is 0.216. The third kappa shape index (κ3) is 2.18. The number of rotatable bonds is 3. The molecule has 0 aromatic heterocycles. The second kappa shape index (κ2) is 4.78. The zero-order chi connectivity index (χ0) is 12.3. The first-order chi connectivity index (χ1) is 8.24. The van der Waals surface area contributed by atoms with E-state index in [0.29, 0.717) is 16.9 Å². The van der Waals surface area contributed by atoms with Crippen molar-refractivity contribution in [2.45, 2.75) is 13.2 Å². The lowest BCUT2D eigenvalue weighted by molar-refractivity contribution is -0.562. The van der Waals surface area contributed by atoms with Crippen LogP contribution >= 0.6 is 0 Å². The largest absolute Gasteiger partial charge is 0.494 e. The van der Waals surface area contributed by atoms with Gasteiger partial charge in [0.1, 0.15) is 0 Å². The van der Waals surface area contributed by atoms with Crippen LogP contribution < -0.4 is 0 Å². The number of carbonyl (C=O) groups excluding carboxylic acids is 1. The Bertz CT molecular complexity index is 467. The van der Waals surface area contributed by atoms with Gasteiger partial charge in [-0.1, -0.05) is 18.2 Å². The standard InChI is InChI=1S/C12H12NO4/c1-2-16-8-10-12(14)17-11(13(10)15)9-6-4-3-5-7-9/h3-8,11H,2H2,1H3/q+1. The van der Waals surface area contributed by atoms with Crippen molar-refractivity contribution in [2.75, 3.05) is 6.61 Å². The third-order valence-corrected chi connectivity index (χ3v) is 2.32. The van der Waals surface area contributed by atoms with Gasteiger partial charge in [-0.15, -0.1) is 0 Å². The number of esters is 1. The summed E-state index contributed by atoms with van der Waals surface area (Å²) in [5.41, 5.74) is 0.524. The van der Waals surface area contributed by atoms with Gasteiger partial charge in [0.15, 0.2) is 6.26 Å². The van der Waals surface area contributed by atoms with Gasteiger partial charge < -0.3 is 9.47 Å². The minimum Gasteiger partial charge on any atom is -0.494 e. The lowest BCUT2D eigenvalue weighted by Crippen LogP contribution is -2.08. The van der Waals surface area contributed by atoms with Crippen molar-refractivity contribution in [1.29, 1.82) is 0 Å². The fourth-order valence-corrected chi connectivity index (χ4v) is 1.51. The number of nitrogens with zero attached hydrogens (tertiary/aromatic N) is 1. The van der Waals surface area contributed by atoms with E-state index in [1.54, 1.807) is 31.2 Å². The van der Waals surface area contributed by atoms with Crippen LogP contribution in [0.2, 0.25) is 0 Å². The van der Waals surface area contributed by atoms with Crippen LogP contribution in [-0.4, -0.2) is 17.3 Å². The molecule has 5 heteroatoms. The quantitative estimate of drug-likeness (QED) is 0.347. The molecule has 1 saturated heterocycles. The molecular weight excluding hydrogens is 222 g/mol. The molecule has 0 spiro atoms. The molecule has 0 saturated carbocycles. The van der Waals surface area contributed by atoms with Crippen molar-refractivity contribution >= 4 is 5.97 Å². The summed E-state index contributed by atoms with van der Waals surface area (Å²) >= 11 is 0. The minimum atomic E-state index is -0.921. The van der Waals surface area contributed by atoms with Crippen LogP contribution in [0.25, 0.3) is 0 Å². The second-order valence-corrected chi connectivity index (χ2v) is 3.45. The molecule has 0 bridgehead atoms. The Kier molecular flexibility index (Phi) is 3.18. The maximum Gasteiger partial charge on any atom is 0.417 e. The van der Waals surface area contributed by atoms with E-state index in [4.69, 9.17) is 9.47 Å². The number of nitroso groups, excluding NO2 is 1. The van der Waals surface area contributed by atoms with Gasteiger partial charge in [0.25, 0.3) is 0 Å². The van der Waals surface area contributed by atoms with Crippen molar-refractivity contribution in [2.24, 2.45) is 0 Å². The molecule has 1 unspecified atom stereocenters. The highest BCUT2D eigenvalue weighted by Crippen LogP contribution is 2.28. The molecule has 1 aromatic carbocycles. The molecule has 1 atom stereocenters. The van der Waals surface area contributed by atoms with Crippen molar-refractivity contribution < 1.29 is 19.0 Å². The number of hydrogen-bond donors (Lipinski definition) is 0. The predicted octanol–water partition coefficient (Wildman–Crippen LogP) is 1.90. The highest BCUT2D eigenvalue weighted by atomic mass is 16.6. The molecule has 17 heavy (non-hydrogen) atoms. The van der Waals surface area contributed by atoms with Crippen molar-refractivity contribution in [3.63, 3.8) is 0 Å². The first kappa shape index (κ1) is 11.3. The van der Waals surface area contributed by atoms with Gasteiger partial charge in [0.05, 0.1) is 16.9 Å². The highest BCUT2D eigenvalue weighted by molar-refractivity contribution is 5.86. The molecule has 1 aromatic rings. The fraction of sp³-hybridized carbons (Fsp3) is 0.250. The molecular formula is C12H12NO4+. The van der Waals surface area contributed by atoms with E-state index < -0.39 is 12.2 Å². The molecule has 1 fully saturated rings. The molecule has 2 rings (SSSR count). The zero-order valence-corrected chi connectivity index (χ0v) is 9.33. The number of cyclic esters (lactones) is 1. The maximum atomic E-state index is 11.8. The Morgan fingerprint density at radius 2 is 2.12 bits per heavy atom. The Labute approximate surface area is 98.2 Å². The van der Waals surface area contributed by atoms with Crippen LogP contribution in [0.3, 0.4) is 0 Å². The van der Waals surface area contributed by atoms with Crippen molar-refractivity contribution in [3.05, 3.63) is 52.8 Å². The Morgan fingerprint density at radius 1 is 1.41 bits per heavy atom. The summed E-state index contributed by atoms with van der Waals surface area (Å²) in [5.74, 6) is -0.665. The number of benzene rings is 1. The SMILES string of the molecule is CCOC=C1C(=O)OC(c2ccccc2)[N+]1=O. The van der Waals surface area contributed by atoms with E-state index in [1.165, 1.54) is 0 Å². The van der Waals surface area contributed by atoms with E-state index in [0.717, 1.165) is 6.26 Å². The Morgan fingerprint density at radius 3 is 2.76 bits per heavy atom. The van der Waals surface area contributed by atoms with Gasteiger partial charge in [-0.3, -0.25) is 0 Å². The smallest absolute Gasteiger partial charge is 0.417 e. The average molecular weight is 234 g/mol. The second-order valence-electron chi connectivity index (χ2n) is 3.45. The lowest BCUT2D eigenvalue weighted by Gasteiger charge is -1.99.